The molecule has 0 aliphatic carbocycles. The molecule has 0 radical (unpaired) electrons. The Hall–Kier alpha value is -1.30. The minimum absolute atomic E-state index is 0. The van der Waals surface area contributed by atoms with Crippen molar-refractivity contribution in [2.75, 3.05) is 33.3 Å². The van der Waals surface area contributed by atoms with E-state index in [-0.39, 0.29) is 30.3 Å². The van der Waals surface area contributed by atoms with Crippen LogP contribution >= 0.6 is 12.4 Å². The van der Waals surface area contributed by atoms with Gasteiger partial charge in [0.05, 0.1) is 13.0 Å². The molecule has 1 aromatic rings. The molecule has 3 N–H and O–H groups in total. The van der Waals surface area contributed by atoms with Crippen LogP contribution in [-0.2, 0) is 4.79 Å². The summed E-state index contributed by atoms with van der Waals surface area (Å²) in [6, 6.07) is 8.43. The zero-order valence-electron chi connectivity index (χ0n) is 14.0. The summed E-state index contributed by atoms with van der Waals surface area (Å²) in [7, 11) is 1.68. The molecule has 0 bridgehead atoms. The summed E-state index contributed by atoms with van der Waals surface area (Å²) in [6.45, 7) is 5.06. The Kier molecular flexibility index (Phi) is 8.37. The molecule has 130 valence electrons. The summed E-state index contributed by atoms with van der Waals surface area (Å²) >= 11 is 0. The molecule has 1 amide bonds. The minimum Gasteiger partial charge on any atom is -0.497 e. The third-order valence-electron chi connectivity index (χ3n) is 4.39. The molecule has 1 saturated heterocycles. The Bertz CT molecular complexity index is 498. The van der Waals surface area contributed by atoms with Gasteiger partial charge < -0.3 is 15.8 Å². The summed E-state index contributed by atoms with van der Waals surface area (Å²) in [4.78, 5) is 14.5. The predicted molar refractivity (Wildman–Crippen MR) is 95.0 cm³/mol. The number of ether oxygens (including phenoxy) is 1. The number of hydrogen-bond donors (Lipinski definition) is 2. The molecular weight excluding hydrogens is 314 g/mol. The number of carbonyl (C=O) groups excluding carboxylic acids is 1. The zero-order chi connectivity index (χ0) is 15.9. The number of methoxy groups -OCH3 is 1. The van der Waals surface area contributed by atoms with E-state index in [4.69, 9.17) is 10.5 Å². The van der Waals surface area contributed by atoms with E-state index in [1.165, 1.54) is 5.56 Å². The first-order valence-corrected chi connectivity index (χ1v) is 8.01. The van der Waals surface area contributed by atoms with Crippen LogP contribution in [0.15, 0.2) is 24.3 Å². The van der Waals surface area contributed by atoms with Crippen LogP contribution in [0.4, 0.5) is 0 Å². The molecule has 0 aromatic heterocycles. The lowest BCUT2D eigenvalue weighted by Gasteiger charge is -2.36. The molecule has 23 heavy (non-hydrogen) atoms. The average Bonchev–Trinajstić information content (AvgIpc) is 2.59. The van der Waals surface area contributed by atoms with E-state index in [2.05, 4.69) is 29.3 Å². The molecule has 1 aliphatic rings. The third kappa shape index (κ3) is 5.37. The molecule has 2 rings (SSSR count). The Morgan fingerprint density at radius 3 is 3.00 bits per heavy atom. The van der Waals surface area contributed by atoms with Gasteiger partial charge >= 0.3 is 0 Å². The molecule has 0 saturated carbocycles. The number of piperidine rings is 1. The van der Waals surface area contributed by atoms with E-state index in [1.54, 1.807) is 7.11 Å². The quantitative estimate of drug-likeness (QED) is 0.830. The van der Waals surface area contributed by atoms with Gasteiger partial charge in [-0.25, -0.2) is 0 Å². The van der Waals surface area contributed by atoms with Crippen molar-refractivity contribution in [1.82, 2.24) is 10.2 Å². The van der Waals surface area contributed by atoms with Gasteiger partial charge in [-0.1, -0.05) is 12.1 Å². The van der Waals surface area contributed by atoms with Crippen LogP contribution in [0.1, 0.15) is 31.4 Å². The fraction of sp³-hybridized carbons (Fsp3) is 0.588. The highest BCUT2D eigenvalue weighted by atomic mass is 35.5. The number of hydrogen-bond acceptors (Lipinski definition) is 4. The monoisotopic (exact) mass is 341 g/mol. The number of benzene rings is 1. The molecular formula is C17H28ClN3O2. The van der Waals surface area contributed by atoms with E-state index >= 15 is 0 Å². The van der Waals surface area contributed by atoms with Gasteiger partial charge in [-0.3, -0.25) is 9.69 Å². The number of nitrogens with two attached hydrogens (primary N) is 1. The second kappa shape index (κ2) is 9.75. The first-order valence-electron chi connectivity index (χ1n) is 8.01. The highest BCUT2D eigenvalue weighted by Crippen LogP contribution is 2.28. The lowest BCUT2D eigenvalue weighted by atomic mass is 9.94. The lowest BCUT2D eigenvalue weighted by molar-refractivity contribution is -0.126. The van der Waals surface area contributed by atoms with Crippen LogP contribution in [0.3, 0.4) is 0 Å². The van der Waals surface area contributed by atoms with Gasteiger partial charge in [-0.15, -0.1) is 12.4 Å². The molecule has 1 fully saturated rings. The zero-order valence-corrected chi connectivity index (χ0v) is 14.8. The standard InChI is InChI=1S/C17H27N3O2.ClH/c1-13(14-5-3-7-16(11-14)22-2)20-10-4-6-15(12-20)17(21)19-9-8-18;/h3,5,7,11,13,15H,4,6,8-10,12,18H2,1-2H3,(H,19,21);1H. The van der Waals surface area contributed by atoms with Crippen LogP contribution in [-0.4, -0.2) is 44.1 Å². The summed E-state index contributed by atoms with van der Waals surface area (Å²) in [5.41, 5.74) is 6.67. The molecule has 6 heteroatoms. The number of carbonyl (C=O) groups is 1. The molecule has 1 aromatic carbocycles. The van der Waals surface area contributed by atoms with Crippen molar-refractivity contribution in [3.8, 4) is 5.75 Å². The normalized spacial score (nSPS) is 19.5. The molecule has 2 unspecified atom stereocenters. The summed E-state index contributed by atoms with van der Waals surface area (Å²) in [5.74, 6) is 1.07. The van der Waals surface area contributed by atoms with Gasteiger partial charge in [-0.2, -0.15) is 0 Å². The number of halogens is 1. The van der Waals surface area contributed by atoms with E-state index in [1.807, 2.05) is 12.1 Å². The first kappa shape index (κ1) is 19.7. The van der Waals surface area contributed by atoms with Crippen molar-refractivity contribution in [3.05, 3.63) is 29.8 Å². The fourth-order valence-corrected chi connectivity index (χ4v) is 3.02. The van der Waals surface area contributed by atoms with Gasteiger partial charge in [0.25, 0.3) is 0 Å². The SMILES string of the molecule is COc1cccc(C(C)N2CCCC(C(=O)NCCN)C2)c1.Cl. The highest BCUT2D eigenvalue weighted by molar-refractivity contribution is 5.85. The van der Waals surface area contributed by atoms with Crippen molar-refractivity contribution in [2.24, 2.45) is 11.7 Å². The van der Waals surface area contributed by atoms with Crippen molar-refractivity contribution >= 4 is 18.3 Å². The number of nitrogens with one attached hydrogen (secondary N) is 1. The second-order valence-electron chi connectivity index (χ2n) is 5.87. The lowest BCUT2D eigenvalue weighted by Crippen LogP contribution is -2.44. The maximum atomic E-state index is 12.1. The van der Waals surface area contributed by atoms with Crippen LogP contribution in [0.5, 0.6) is 5.75 Å². The molecule has 0 spiro atoms. The highest BCUT2D eigenvalue weighted by Gasteiger charge is 2.28. The average molecular weight is 342 g/mol. The van der Waals surface area contributed by atoms with Crippen molar-refractivity contribution in [1.29, 1.82) is 0 Å². The Balaban J connectivity index is 0.00000264. The topological polar surface area (TPSA) is 67.6 Å². The van der Waals surface area contributed by atoms with Gasteiger partial charge in [0.2, 0.25) is 5.91 Å². The van der Waals surface area contributed by atoms with Crippen LogP contribution < -0.4 is 15.8 Å². The largest absolute Gasteiger partial charge is 0.497 e. The smallest absolute Gasteiger partial charge is 0.224 e. The first-order chi connectivity index (χ1) is 10.7. The maximum Gasteiger partial charge on any atom is 0.224 e. The van der Waals surface area contributed by atoms with Gasteiger partial charge in [0, 0.05) is 25.7 Å². The third-order valence-corrected chi connectivity index (χ3v) is 4.39. The summed E-state index contributed by atoms with van der Waals surface area (Å²) < 4.78 is 5.30. The van der Waals surface area contributed by atoms with E-state index in [0.717, 1.165) is 31.7 Å². The molecule has 1 heterocycles. The minimum atomic E-state index is 0. The Labute approximate surface area is 145 Å². The maximum absolute atomic E-state index is 12.1. The van der Waals surface area contributed by atoms with E-state index in [9.17, 15) is 4.79 Å². The van der Waals surface area contributed by atoms with Crippen LogP contribution in [0.2, 0.25) is 0 Å². The number of amides is 1. The van der Waals surface area contributed by atoms with Crippen molar-refractivity contribution in [3.63, 3.8) is 0 Å². The van der Waals surface area contributed by atoms with Gasteiger partial charge in [0.15, 0.2) is 0 Å². The molecule has 1 aliphatic heterocycles. The number of likely N-dealkylation sites (tertiary alicyclic amines) is 1. The molecule has 2 atom stereocenters. The Morgan fingerprint density at radius 1 is 1.52 bits per heavy atom. The molecule has 5 nitrogen and oxygen atoms in total. The van der Waals surface area contributed by atoms with Crippen molar-refractivity contribution < 1.29 is 9.53 Å². The second-order valence-corrected chi connectivity index (χ2v) is 5.87. The fourth-order valence-electron chi connectivity index (χ4n) is 3.02. The van der Waals surface area contributed by atoms with Gasteiger partial charge in [-0.05, 0) is 44.0 Å². The Morgan fingerprint density at radius 2 is 2.30 bits per heavy atom. The van der Waals surface area contributed by atoms with Gasteiger partial charge in [0.1, 0.15) is 5.75 Å². The van der Waals surface area contributed by atoms with Crippen molar-refractivity contribution in [2.45, 2.75) is 25.8 Å². The van der Waals surface area contributed by atoms with E-state index in [0.29, 0.717) is 13.1 Å². The number of rotatable bonds is 6. The predicted octanol–water partition coefficient (Wildman–Crippen LogP) is 1.96. The number of nitrogens with zero attached hydrogens (tertiary/aromatic N) is 1. The summed E-state index contributed by atoms with van der Waals surface area (Å²) in [6.07, 6.45) is 2.01. The van der Waals surface area contributed by atoms with Crippen LogP contribution in [0, 0.1) is 5.92 Å². The van der Waals surface area contributed by atoms with E-state index < -0.39 is 0 Å². The van der Waals surface area contributed by atoms with Crippen LogP contribution in [0.25, 0.3) is 0 Å². The summed E-state index contributed by atoms with van der Waals surface area (Å²) in [5, 5.41) is 2.91.